The number of thiophene rings is 1. The minimum absolute atomic E-state index is 0.385. The maximum atomic E-state index is 11.9. The van der Waals surface area contributed by atoms with Gasteiger partial charge in [0.05, 0.1) is 6.54 Å². The zero-order valence-corrected chi connectivity index (χ0v) is 12.3. The van der Waals surface area contributed by atoms with Crippen LogP contribution in [-0.2, 0) is 11.3 Å². The SMILES string of the molecule is Cc1ccsc1CNC(=O)N[C@@H](C(=O)O)c1ccccc1. The molecule has 6 heteroatoms. The smallest absolute Gasteiger partial charge is 0.330 e. The Balaban J connectivity index is 1.96. The summed E-state index contributed by atoms with van der Waals surface area (Å²) in [6, 6.07) is 9.02. The number of carboxylic acid groups (broad SMARTS) is 1. The number of hydrogen-bond acceptors (Lipinski definition) is 3. The molecule has 1 atom stereocenters. The molecule has 0 aliphatic heterocycles. The van der Waals surface area contributed by atoms with E-state index in [1.807, 2.05) is 18.4 Å². The lowest BCUT2D eigenvalue weighted by Gasteiger charge is -2.15. The molecule has 1 aromatic carbocycles. The van der Waals surface area contributed by atoms with Gasteiger partial charge in [0.15, 0.2) is 6.04 Å². The average molecular weight is 304 g/mol. The van der Waals surface area contributed by atoms with E-state index in [-0.39, 0.29) is 0 Å². The van der Waals surface area contributed by atoms with E-state index in [2.05, 4.69) is 10.6 Å². The highest BCUT2D eigenvalue weighted by atomic mass is 32.1. The van der Waals surface area contributed by atoms with Crippen LogP contribution in [0.1, 0.15) is 22.0 Å². The highest BCUT2D eigenvalue weighted by Gasteiger charge is 2.21. The summed E-state index contributed by atoms with van der Waals surface area (Å²) >= 11 is 1.55. The molecule has 0 aliphatic rings. The first-order valence-electron chi connectivity index (χ1n) is 6.43. The molecule has 0 bridgehead atoms. The molecule has 110 valence electrons. The molecule has 3 N–H and O–H groups in total. The highest BCUT2D eigenvalue weighted by molar-refractivity contribution is 7.10. The second-order valence-corrected chi connectivity index (χ2v) is 5.54. The molecule has 0 aliphatic carbocycles. The normalized spacial score (nSPS) is 11.7. The van der Waals surface area contributed by atoms with Crippen molar-refractivity contribution in [1.29, 1.82) is 0 Å². The molecule has 0 spiro atoms. The number of hydrogen-bond donors (Lipinski definition) is 3. The average Bonchev–Trinajstić information content (AvgIpc) is 2.88. The number of benzene rings is 1. The summed E-state index contributed by atoms with van der Waals surface area (Å²) in [7, 11) is 0. The fourth-order valence-corrected chi connectivity index (χ4v) is 2.71. The molecule has 5 nitrogen and oxygen atoms in total. The van der Waals surface area contributed by atoms with Crippen LogP contribution in [0, 0.1) is 6.92 Å². The van der Waals surface area contributed by atoms with E-state index in [0.717, 1.165) is 10.4 Å². The van der Waals surface area contributed by atoms with Crippen LogP contribution in [0.5, 0.6) is 0 Å². The summed E-state index contributed by atoms with van der Waals surface area (Å²) in [6.45, 7) is 2.35. The van der Waals surface area contributed by atoms with Gasteiger partial charge in [-0.1, -0.05) is 30.3 Å². The fraction of sp³-hybridized carbons (Fsp3) is 0.200. The topological polar surface area (TPSA) is 78.4 Å². The summed E-state index contributed by atoms with van der Waals surface area (Å²) in [5.74, 6) is -1.09. The molecule has 2 aromatic rings. The van der Waals surface area contributed by atoms with Crippen LogP contribution in [0.2, 0.25) is 0 Å². The van der Waals surface area contributed by atoms with E-state index in [9.17, 15) is 14.7 Å². The third kappa shape index (κ3) is 4.06. The molecule has 21 heavy (non-hydrogen) atoms. The van der Waals surface area contributed by atoms with Gasteiger partial charge in [-0.2, -0.15) is 0 Å². The summed E-state index contributed by atoms with van der Waals surface area (Å²) in [4.78, 5) is 24.2. The first kappa shape index (κ1) is 15.1. The molecule has 0 saturated heterocycles. The van der Waals surface area contributed by atoms with Crippen molar-refractivity contribution in [2.24, 2.45) is 0 Å². The Morgan fingerprint density at radius 1 is 1.24 bits per heavy atom. The third-order valence-corrected chi connectivity index (χ3v) is 4.06. The third-order valence-electron chi connectivity index (χ3n) is 3.03. The van der Waals surface area contributed by atoms with Gasteiger partial charge in [-0.05, 0) is 29.5 Å². The first-order chi connectivity index (χ1) is 10.1. The van der Waals surface area contributed by atoms with Crippen LogP contribution < -0.4 is 10.6 Å². The Kier molecular flexibility index (Phi) is 4.94. The maximum Gasteiger partial charge on any atom is 0.330 e. The van der Waals surface area contributed by atoms with Crippen LogP contribution in [-0.4, -0.2) is 17.1 Å². The molecule has 2 amide bonds. The first-order valence-corrected chi connectivity index (χ1v) is 7.31. The number of urea groups is 1. The van der Waals surface area contributed by atoms with E-state index < -0.39 is 18.0 Å². The summed E-state index contributed by atoms with van der Waals surface area (Å²) in [5, 5.41) is 16.3. The van der Waals surface area contributed by atoms with Crippen molar-refractivity contribution in [3.8, 4) is 0 Å². The van der Waals surface area contributed by atoms with Gasteiger partial charge in [-0.15, -0.1) is 11.3 Å². The van der Waals surface area contributed by atoms with Crippen LogP contribution in [0.15, 0.2) is 41.8 Å². The van der Waals surface area contributed by atoms with Crippen molar-refractivity contribution < 1.29 is 14.7 Å². The van der Waals surface area contributed by atoms with Gasteiger partial charge in [0.2, 0.25) is 0 Å². The van der Waals surface area contributed by atoms with Crippen molar-refractivity contribution in [3.05, 3.63) is 57.8 Å². The zero-order valence-electron chi connectivity index (χ0n) is 11.5. The molecule has 0 radical (unpaired) electrons. The summed E-state index contributed by atoms with van der Waals surface area (Å²) in [5.41, 5.74) is 1.64. The van der Waals surface area contributed by atoms with Crippen molar-refractivity contribution in [3.63, 3.8) is 0 Å². The minimum atomic E-state index is -1.09. The second kappa shape index (κ2) is 6.90. The Bertz CT molecular complexity index is 625. The highest BCUT2D eigenvalue weighted by Crippen LogP contribution is 2.15. The van der Waals surface area contributed by atoms with E-state index >= 15 is 0 Å². The van der Waals surface area contributed by atoms with Crippen LogP contribution >= 0.6 is 11.3 Å². The van der Waals surface area contributed by atoms with Crippen LogP contribution in [0.3, 0.4) is 0 Å². The number of carbonyl (C=O) groups excluding carboxylic acids is 1. The van der Waals surface area contributed by atoms with Crippen molar-refractivity contribution in [1.82, 2.24) is 10.6 Å². The predicted octanol–water partition coefficient (Wildman–Crippen LogP) is 2.68. The predicted molar refractivity (Wildman–Crippen MR) is 81.2 cm³/mol. The number of amides is 2. The Labute approximate surface area is 126 Å². The Morgan fingerprint density at radius 2 is 1.95 bits per heavy atom. The molecule has 2 rings (SSSR count). The maximum absolute atomic E-state index is 11.9. The number of nitrogens with one attached hydrogen (secondary N) is 2. The number of aryl methyl sites for hydroxylation is 1. The lowest BCUT2D eigenvalue weighted by atomic mass is 10.1. The summed E-state index contributed by atoms with van der Waals surface area (Å²) in [6.07, 6.45) is 0. The number of aliphatic carboxylic acids is 1. The van der Waals surface area contributed by atoms with Gasteiger partial charge >= 0.3 is 12.0 Å². The minimum Gasteiger partial charge on any atom is -0.479 e. The molecular formula is C15H16N2O3S. The molecule has 1 aromatic heterocycles. The van der Waals surface area contributed by atoms with Gasteiger partial charge in [-0.25, -0.2) is 9.59 Å². The molecule has 0 fully saturated rings. The Morgan fingerprint density at radius 3 is 2.52 bits per heavy atom. The zero-order chi connectivity index (χ0) is 15.2. The van der Waals surface area contributed by atoms with E-state index in [4.69, 9.17) is 0 Å². The number of rotatable bonds is 5. The fourth-order valence-electron chi connectivity index (χ4n) is 1.86. The van der Waals surface area contributed by atoms with Gasteiger partial charge in [0.1, 0.15) is 0 Å². The summed E-state index contributed by atoms with van der Waals surface area (Å²) < 4.78 is 0. The van der Waals surface area contributed by atoms with Gasteiger partial charge in [0, 0.05) is 4.88 Å². The molecule has 0 unspecified atom stereocenters. The Hall–Kier alpha value is -2.34. The quantitative estimate of drug-likeness (QED) is 0.794. The van der Waals surface area contributed by atoms with Gasteiger partial charge in [-0.3, -0.25) is 0 Å². The number of carbonyl (C=O) groups is 2. The lowest BCUT2D eigenvalue weighted by molar-refractivity contribution is -0.139. The van der Waals surface area contributed by atoms with Crippen LogP contribution in [0.25, 0.3) is 0 Å². The monoisotopic (exact) mass is 304 g/mol. The van der Waals surface area contributed by atoms with Crippen molar-refractivity contribution in [2.75, 3.05) is 0 Å². The lowest BCUT2D eigenvalue weighted by Crippen LogP contribution is -2.40. The second-order valence-electron chi connectivity index (χ2n) is 4.54. The molecule has 1 heterocycles. The van der Waals surface area contributed by atoms with E-state index in [0.29, 0.717) is 12.1 Å². The largest absolute Gasteiger partial charge is 0.479 e. The van der Waals surface area contributed by atoms with E-state index in [1.165, 1.54) is 0 Å². The molecular weight excluding hydrogens is 288 g/mol. The van der Waals surface area contributed by atoms with Crippen molar-refractivity contribution in [2.45, 2.75) is 19.5 Å². The van der Waals surface area contributed by atoms with E-state index in [1.54, 1.807) is 41.7 Å². The van der Waals surface area contributed by atoms with Crippen LogP contribution in [0.4, 0.5) is 4.79 Å². The molecule has 0 saturated carbocycles. The van der Waals surface area contributed by atoms with Crippen molar-refractivity contribution >= 4 is 23.3 Å². The van der Waals surface area contributed by atoms with Gasteiger partial charge in [0.25, 0.3) is 0 Å². The number of carboxylic acids is 1. The van der Waals surface area contributed by atoms with Gasteiger partial charge < -0.3 is 15.7 Å². The standard InChI is InChI=1S/C15H16N2O3S/c1-10-7-8-21-12(10)9-16-15(20)17-13(14(18)19)11-5-3-2-4-6-11/h2-8,13H,9H2,1H3,(H,18,19)(H2,16,17,20)/t13-/m1/s1.